The van der Waals surface area contributed by atoms with Crippen LogP contribution < -0.4 is 5.32 Å². The van der Waals surface area contributed by atoms with Crippen molar-refractivity contribution in [2.24, 2.45) is 0 Å². The number of amides is 1. The Kier molecular flexibility index (Phi) is 5.33. The van der Waals surface area contributed by atoms with Crippen molar-refractivity contribution in [3.63, 3.8) is 0 Å². The zero-order chi connectivity index (χ0) is 24.1. The molecule has 35 heavy (non-hydrogen) atoms. The van der Waals surface area contributed by atoms with Crippen LogP contribution in [0.15, 0.2) is 48.5 Å². The molecular formula is C28H26ClN5O. The highest BCUT2D eigenvalue weighted by Gasteiger charge is 2.25. The minimum absolute atomic E-state index is 0.108. The zero-order valence-corrected chi connectivity index (χ0v) is 20.6. The number of aromatic nitrogens is 4. The highest BCUT2D eigenvalue weighted by Crippen LogP contribution is 2.36. The first-order valence-corrected chi connectivity index (χ1v) is 12.4. The first-order chi connectivity index (χ1) is 17.0. The lowest BCUT2D eigenvalue weighted by Crippen LogP contribution is -2.04. The third-order valence-electron chi connectivity index (χ3n) is 7.03. The Morgan fingerprint density at radius 3 is 2.66 bits per heavy atom. The van der Waals surface area contributed by atoms with Crippen LogP contribution in [0.5, 0.6) is 0 Å². The summed E-state index contributed by atoms with van der Waals surface area (Å²) in [4.78, 5) is 12.7. The predicted octanol–water partition coefficient (Wildman–Crippen LogP) is 6.23. The van der Waals surface area contributed by atoms with Crippen LogP contribution in [0.2, 0.25) is 5.02 Å². The molecule has 2 aromatic heterocycles. The molecule has 1 N–H and O–H groups in total. The van der Waals surface area contributed by atoms with Crippen molar-refractivity contribution < 1.29 is 4.79 Å². The maximum Gasteiger partial charge on any atom is 0.256 e. The minimum Gasteiger partial charge on any atom is -0.321 e. The minimum atomic E-state index is -0.108. The highest BCUT2D eigenvalue weighted by atomic mass is 35.5. The SMILES string of the molecule is Cc1cc(/C=C2/C(=O)Nc3cc(Cl)ccc32)c(C)n1-c1ccc(-c2nnc3n2CCCCC3)cc1. The van der Waals surface area contributed by atoms with E-state index in [0.29, 0.717) is 10.6 Å². The van der Waals surface area contributed by atoms with E-state index in [2.05, 4.69) is 68.8 Å². The lowest BCUT2D eigenvalue weighted by atomic mass is 10.0. The average molecular weight is 484 g/mol. The summed E-state index contributed by atoms with van der Waals surface area (Å²) < 4.78 is 4.49. The van der Waals surface area contributed by atoms with E-state index in [1.165, 1.54) is 19.3 Å². The standard InChI is InChI=1S/C28H26ClN5O/c1-17-14-20(15-24-23-12-9-21(29)16-25(23)30-28(24)35)18(2)34(17)22-10-7-19(8-11-22)27-32-31-26-6-4-3-5-13-33(26)27/h7-12,14-16H,3-6,13H2,1-2H3,(H,30,35)/b24-15+. The van der Waals surface area contributed by atoms with Gasteiger partial charge in [-0.15, -0.1) is 10.2 Å². The molecule has 2 aliphatic heterocycles. The number of halogens is 1. The molecule has 7 heteroatoms. The van der Waals surface area contributed by atoms with Crippen LogP contribution in [0.25, 0.3) is 28.7 Å². The Bertz CT molecular complexity index is 1490. The fourth-order valence-corrected chi connectivity index (χ4v) is 5.43. The summed E-state index contributed by atoms with van der Waals surface area (Å²) in [7, 11) is 0. The Balaban J connectivity index is 1.34. The van der Waals surface area contributed by atoms with Gasteiger partial charge in [0.1, 0.15) is 5.82 Å². The van der Waals surface area contributed by atoms with Gasteiger partial charge in [-0.3, -0.25) is 4.79 Å². The summed E-state index contributed by atoms with van der Waals surface area (Å²) in [6, 6.07) is 16.1. The maximum absolute atomic E-state index is 12.7. The molecule has 0 atom stereocenters. The number of fused-ring (bicyclic) bond motifs is 2. The van der Waals surface area contributed by atoms with E-state index in [1.54, 1.807) is 6.07 Å². The van der Waals surface area contributed by atoms with E-state index in [0.717, 1.165) is 64.1 Å². The normalized spacial score (nSPS) is 16.2. The van der Waals surface area contributed by atoms with Gasteiger partial charge in [0.05, 0.1) is 5.69 Å². The van der Waals surface area contributed by atoms with Crippen molar-refractivity contribution >= 4 is 34.8 Å². The molecule has 6 nitrogen and oxygen atoms in total. The first-order valence-electron chi connectivity index (χ1n) is 12.0. The van der Waals surface area contributed by atoms with Crippen molar-refractivity contribution in [3.05, 3.63) is 81.9 Å². The van der Waals surface area contributed by atoms with Crippen LogP contribution in [0, 0.1) is 13.8 Å². The van der Waals surface area contributed by atoms with Crippen molar-refractivity contribution in [1.82, 2.24) is 19.3 Å². The number of aryl methyl sites for hydroxylation is 2. The molecule has 1 amide bonds. The summed E-state index contributed by atoms with van der Waals surface area (Å²) in [6.45, 7) is 5.15. The number of hydrogen-bond donors (Lipinski definition) is 1. The number of benzene rings is 2. The largest absolute Gasteiger partial charge is 0.321 e. The van der Waals surface area contributed by atoms with Gasteiger partial charge in [-0.05, 0) is 80.8 Å². The van der Waals surface area contributed by atoms with Gasteiger partial charge in [0.25, 0.3) is 5.91 Å². The third kappa shape index (κ3) is 3.78. The van der Waals surface area contributed by atoms with Crippen LogP contribution >= 0.6 is 11.6 Å². The van der Waals surface area contributed by atoms with E-state index in [9.17, 15) is 4.79 Å². The fourth-order valence-electron chi connectivity index (χ4n) is 5.25. The van der Waals surface area contributed by atoms with Crippen molar-refractivity contribution in [2.45, 2.75) is 46.1 Å². The molecule has 6 rings (SSSR count). The van der Waals surface area contributed by atoms with E-state index in [-0.39, 0.29) is 5.91 Å². The van der Waals surface area contributed by atoms with Crippen LogP contribution in [0.1, 0.15) is 47.6 Å². The number of carbonyl (C=O) groups excluding carboxylic acids is 1. The lowest BCUT2D eigenvalue weighted by molar-refractivity contribution is -0.110. The fraction of sp³-hybridized carbons (Fsp3) is 0.250. The molecule has 0 spiro atoms. The van der Waals surface area contributed by atoms with Crippen LogP contribution in [0.4, 0.5) is 5.69 Å². The monoisotopic (exact) mass is 483 g/mol. The highest BCUT2D eigenvalue weighted by molar-refractivity contribution is 6.36. The van der Waals surface area contributed by atoms with Gasteiger partial charge < -0.3 is 14.5 Å². The molecule has 2 aliphatic rings. The second kappa shape index (κ2) is 8.54. The number of anilines is 1. The topological polar surface area (TPSA) is 64.7 Å². The molecule has 0 saturated carbocycles. The van der Waals surface area contributed by atoms with E-state index < -0.39 is 0 Å². The third-order valence-corrected chi connectivity index (χ3v) is 7.26. The van der Waals surface area contributed by atoms with Crippen molar-refractivity contribution in [1.29, 1.82) is 0 Å². The maximum atomic E-state index is 12.7. The molecule has 0 saturated heterocycles. The van der Waals surface area contributed by atoms with Crippen LogP contribution in [-0.2, 0) is 17.8 Å². The molecule has 4 aromatic rings. The van der Waals surface area contributed by atoms with Gasteiger partial charge in [-0.25, -0.2) is 0 Å². The number of hydrogen-bond acceptors (Lipinski definition) is 3. The van der Waals surface area contributed by atoms with Crippen LogP contribution in [-0.4, -0.2) is 25.2 Å². The Morgan fingerprint density at radius 1 is 1.00 bits per heavy atom. The molecule has 0 aliphatic carbocycles. The smallest absolute Gasteiger partial charge is 0.256 e. The molecular weight excluding hydrogens is 458 g/mol. The van der Waals surface area contributed by atoms with E-state index in [1.807, 2.05) is 18.2 Å². The summed E-state index contributed by atoms with van der Waals surface area (Å²) in [5.74, 6) is 1.94. The second-order valence-corrected chi connectivity index (χ2v) is 9.75. The molecule has 0 fully saturated rings. The molecule has 0 bridgehead atoms. The van der Waals surface area contributed by atoms with Crippen molar-refractivity contribution in [2.75, 3.05) is 5.32 Å². The summed E-state index contributed by atoms with van der Waals surface area (Å²) in [6.07, 6.45) is 6.57. The molecule has 0 radical (unpaired) electrons. The summed E-state index contributed by atoms with van der Waals surface area (Å²) in [5, 5.41) is 12.5. The summed E-state index contributed by atoms with van der Waals surface area (Å²) in [5.41, 5.74) is 7.64. The van der Waals surface area contributed by atoms with Gasteiger partial charge in [0, 0.05) is 51.8 Å². The second-order valence-electron chi connectivity index (χ2n) is 9.31. The Hall–Kier alpha value is -3.64. The summed E-state index contributed by atoms with van der Waals surface area (Å²) >= 11 is 6.10. The Morgan fingerprint density at radius 2 is 1.83 bits per heavy atom. The van der Waals surface area contributed by atoms with Crippen LogP contribution in [0.3, 0.4) is 0 Å². The van der Waals surface area contributed by atoms with E-state index >= 15 is 0 Å². The molecule has 176 valence electrons. The molecule has 4 heterocycles. The zero-order valence-electron chi connectivity index (χ0n) is 19.8. The Labute approximate surface area is 209 Å². The van der Waals surface area contributed by atoms with E-state index in [4.69, 9.17) is 11.6 Å². The first kappa shape index (κ1) is 21.9. The average Bonchev–Trinajstić information content (AvgIpc) is 3.40. The van der Waals surface area contributed by atoms with Gasteiger partial charge in [-0.2, -0.15) is 0 Å². The number of nitrogens with zero attached hydrogens (tertiary/aromatic N) is 4. The molecule has 0 unspecified atom stereocenters. The van der Waals surface area contributed by atoms with Gasteiger partial charge >= 0.3 is 0 Å². The number of rotatable bonds is 3. The quantitative estimate of drug-likeness (QED) is 0.351. The number of nitrogens with one attached hydrogen (secondary N) is 1. The van der Waals surface area contributed by atoms with Crippen molar-refractivity contribution in [3.8, 4) is 17.1 Å². The molecule has 2 aromatic carbocycles. The van der Waals surface area contributed by atoms with Gasteiger partial charge in [0.15, 0.2) is 5.82 Å². The van der Waals surface area contributed by atoms with Gasteiger partial charge in [-0.1, -0.05) is 24.1 Å². The lowest BCUT2D eigenvalue weighted by Gasteiger charge is -2.11. The predicted molar refractivity (Wildman–Crippen MR) is 140 cm³/mol. The number of carbonyl (C=O) groups is 1. The van der Waals surface area contributed by atoms with Gasteiger partial charge in [0.2, 0.25) is 0 Å².